The zero-order chi connectivity index (χ0) is 25.1. The van der Waals surface area contributed by atoms with Crippen molar-refractivity contribution in [3.05, 3.63) is 69.9 Å². The molecule has 0 unspecified atom stereocenters. The topological polar surface area (TPSA) is 76.7 Å². The van der Waals surface area contributed by atoms with Gasteiger partial charge in [-0.15, -0.1) is 11.3 Å². The Bertz CT molecular complexity index is 1210. The molecule has 34 heavy (non-hydrogen) atoms. The zero-order valence-electron chi connectivity index (χ0n) is 17.0. The minimum absolute atomic E-state index is 0.0294. The maximum absolute atomic E-state index is 13.2. The summed E-state index contributed by atoms with van der Waals surface area (Å²) in [6.45, 7) is 0. The highest BCUT2D eigenvalue weighted by Crippen LogP contribution is 2.39. The van der Waals surface area contributed by atoms with Gasteiger partial charge in [0.25, 0.3) is 0 Å². The molecule has 2 amide bonds. The van der Waals surface area contributed by atoms with Gasteiger partial charge in [-0.3, -0.25) is 0 Å². The Morgan fingerprint density at radius 1 is 0.853 bits per heavy atom. The number of halogens is 6. The molecule has 0 atom stereocenters. The van der Waals surface area contributed by atoms with E-state index in [4.69, 9.17) is 4.74 Å². The Morgan fingerprint density at radius 2 is 1.53 bits per heavy atom. The van der Waals surface area contributed by atoms with Crippen LogP contribution in [0.4, 0.5) is 42.5 Å². The second-order valence-corrected chi connectivity index (χ2v) is 7.49. The molecule has 180 valence electrons. The average Bonchev–Trinajstić information content (AvgIpc) is 3.21. The number of nitrogens with one attached hydrogen (secondary N) is 2. The number of hydrogen-bond acceptors (Lipinski definition) is 5. The van der Waals surface area contributed by atoms with Gasteiger partial charge in [0.05, 0.1) is 23.9 Å². The largest absolute Gasteiger partial charge is 0.465 e. The highest BCUT2D eigenvalue weighted by molar-refractivity contribution is 7.12. The predicted molar refractivity (Wildman–Crippen MR) is 111 cm³/mol. The molecule has 0 radical (unpaired) electrons. The summed E-state index contributed by atoms with van der Waals surface area (Å²) in [5.41, 5.74) is -2.83. The maximum atomic E-state index is 13.2. The summed E-state index contributed by atoms with van der Waals surface area (Å²) in [5, 5.41) is 5.75. The number of anilines is 2. The van der Waals surface area contributed by atoms with Crippen molar-refractivity contribution in [1.82, 2.24) is 0 Å². The van der Waals surface area contributed by atoms with Gasteiger partial charge in [-0.25, -0.2) is 9.59 Å². The normalized spacial score (nSPS) is 11.6. The summed E-state index contributed by atoms with van der Waals surface area (Å²) in [7, 11) is 1.13. The van der Waals surface area contributed by atoms with Crippen molar-refractivity contribution in [2.75, 3.05) is 17.7 Å². The molecule has 0 saturated carbocycles. The number of amides is 2. The number of alkyl halides is 6. The molecule has 0 aliphatic rings. The van der Waals surface area contributed by atoms with E-state index < -0.39 is 41.2 Å². The lowest BCUT2D eigenvalue weighted by Crippen LogP contribution is -2.20. The molecular weight excluding hydrogens is 490 g/mol. The fourth-order valence-electron chi connectivity index (χ4n) is 2.69. The van der Waals surface area contributed by atoms with Crippen LogP contribution in [0.5, 0.6) is 11.5 Å². The fraction of sp³-hybridized carbons (Fsp3) is 0.143. The second-order valence-electron chi connectivity index (χ2n) is 6.57. The molecular formula is C21H14F6N2O4S. The van der Waals surface area contributed by atoms with E-state index in [-0.39, 0.29) is 22.1 Å². The van der Waals surface area contributed by atoms with Gasteiger partial charge in [-0.05, 0) is 47.8 Å². The summed E-state index contributed by atoms with van der Waals surface area (Å²) in [5.74, 6) is -1.03. The van der Waals surface area contributed by atoms with E-state index in [2.05, 4.69) is 15.4 Å². The number of carbonyl (C=O) groups is 2. The molecule has 1 heterocycles. The third-order valence-corrected chi connectivity index (χ3v) is 5.10. The van der Waals surface area contributed by atoms with E-state index in [0.29, 0.717) is 18.2 Å². The van der Waals surface area contributed by atoms with Crippen molar-refractivity contribution in [2.24, 2.45) is 0 Å². The summed E-state index contributed by atoms with van der Waals surface area (Å²) in [4.78, 5) is 24.2. The third-order valence-electron chi connectivity index (χ3n) is 4.22. The monoisotopic (exact) mass is 504 g/mol. The molecule has 6 nitrogen and oxygen atoms in total. The van der Waals surface area contributed by atoms with Gasteiger partial charge in [0, 0.05) is 5.69 Å². The Kier molecular flexibility index (Phi) is 7.05. The van der Waals surface area contributed by atoms with Crippen molar-refractivity contribution in [3.63, 3.8) is 0 Å². The van der Waals surface area contributed by atoms with Crippen molar-refractivity contribution in [3.8, 4) is 11.5 Å². The number of urea groups is 1. The van der Waals surface area contributed by atoms with Crippen LogP contribution in [0, 0.1) is 0 Å². The number of thiophene rings is 1. The molecule has 0 aliphatic carbocycles. The lowest BCUT2D eigenvalue weighted by molar-refractivity contribution is -0.138. The zero-order valence-corrected chi connectivity index (χ0v) is 17.8. The van der Waals surface area contributed by atoms with Gasteiger partial charge in [-0.2, -0.15) is 26.3 Å². The first-order valence-electron chi connectivity index (χ1n) is 9.18. The average molecular weight is 504 g/mol. The van der Waals surface area contributed by atoms with Gasteiger partial charge in [0.1, 0.15) is 0 Å². The summed E-state index contributed by atoms with van der Waals surface area (Å²) in [6.07, 6.45) is -9.42. The van der Waals surface area contributed by atoms with Crippen LogP contribution in [-0.4, -0.2) is 19.1 Å². The van der Waals surface area contributed by atoms with Crippen LogP contribution in [0.1, 0.15) is 20.8 Å². The molecule has 3 aromatic rings. The van der Waals surface area contributed by atoms with Crippen molar-refractivity contribution in [2.45, 2.75) is 12.4 Å². The number of benzene rings is 2. The van der Waals surface area contributed by atoms with Crippen molar-refractivity contribution >= 4 is 34.7 Å². The van der Waals surface area contributed by atoms with Crippen LogP contribution in [0.15, 0.2) is 53.9 Å². The Balaban J connectivity index is 1.89. The molecule has 0 fully saturated rings. The molecule has 13 heteroatoms. The van der Waals surface area contributed by atoms with Crippen LogP contribution >= 0.6 is 11.3 Å². The minimum atomic E-state index is -4.76. The molecule has 0 bridgehead atoms. The first kappa shape index (κ1) is 24.9. The highest BCUT2D eigenvalue weighted by Gasteiger charge is 2.32. The van der Waals surface area contributed by atoms with Gasteiger partial charge in [-0.1, -0.05) is 6.07 Å². The fourth-order valence-corrected chi connectivity index (χ4v) is 3.42. The molecule has 3 rings (SSSR count). The number of ether oxygens (including phenoxy) is 2. The lowest BCUT2D eigenvalue weighted by Gasteiger charge is -2.16. The number of rotatable bonds is 5. The number of carbonyl (C=O) groups excluding carboxylic acids is 2. The molecule has 0 spiro atoms. The molecule has 2 N–H and O–H groups in total. The van der Waals surface area contributed by atoms with Crippen LogP contribution in [-0.2, 0) is 17.1 Å². The van der Waals surface area contributed by atoms with E-state index in [1.807, 2.05) is 0 Å². The van der Waals surface area contributed by atoms with E-state index in [1.165, 1.54) is 17.5 Å². The van der Waals surface area contributed by atoms with Gasteiger partial charge in [0.2, 0.25) is 0 Å². The molecule has 0 saturated heterocycles. The van der Waals surface area contributed by atoms with Crippen LogP contribution in [0.3, 0.4) is 0 Å². The molecule has 1 aromatic heterocycles. The Labute approximate surface area is 192 Å². The third kappa shape index (κ3) is 5.98. The lowest BCUT2D eigenvalue weighted by atomic mass is 10.1. The van der Waals surface area contributed by atoms with E-state index >= 15 is 0 Å². The van der Waals surface area contributed by atoms with Gasteiger partial charge >= 0.3 is 24.4 Å². The first-order chi connectivity index (χ1) is 15.9. The van der Waals surface area contributed by atoms with E-state index in [9.17, 15) is 35.9 Å². The van der Waals surface area contributed by atoms with Crippen LogP contribution in [0.2, 0.25) is 0 Å². The first-order valence-corrected chi connectivity index (χ1v) is 10.1. The van der Waals surface area contributed by atoms with Crippen LogP contribution in [0.25, 0.3) is 0 Å². The van der Waals surface area contributed by atoms with Gasteiger partial charge in [0.15, 0.2) is 16.4 Å². The summed E-state index contributed by atoms with van der Waals surface area (Å²) < 4.78 is 88.4. The summed E-state index contributed by atoms with van der Waals surface area (Å²) in [6, 6.07) is 6.16. The molecule has 2 aromatic carbocycles. The summed E-state index contributed by atoms with van der Waals surface area (Å²) >= 11 is 0.963. The predicted octanol–water partition coefficient (Wildman–Crippen LogP) is 7.01. The van der Waals surface area contributed by atoms with Gasteiger partial charge < -0.3 is 20.1 Å². The quantitative estimate of drug-likeness (QED) is 0.290. The Morgan fingerprint density at radius 3 is 2.18 bits per heavy atom. The number of hydrogen-bond donors (Lipinski definition) is 2. The Hall–Kier alpha value is -3.74. The standard InChI is InChI=1S/C21H14F6N2O4S/c1-32-18(30)17-16(7-8-34-17)33-15-6-5-12(21(25,26)27)10-14(15)29-19(31)28-13-4-2-3-11(9-13)20(22,23)24/h2-10H,1H3,(H2,28,29,31). The van der Waals surface area contributed by atoms with E-state index in [0.717, 1.165) is 36.6 Å². The molecule has 0 aliphatic heterocycles. The smallest absolute Gasteiger partial charge is 0.416 e. The maximum Gasteiger partial charge on any atom is 0.416 e. The minimum Gasteiger partial charge on any atom is -0.465 e. The highest BCUT2D eigenvalue weighted by atomic mass is 32.1. The van der Waals surface area contributed by atoms with Crippen molar-refractivity contribution in [1.29, 1.82) is 0 Å². The van der Waals surface area contributed by atoms with E-state index in [1.54, 1.807) is 0 Å². The van der Waals surface area contributed by atoms with Crippen LogP contribution < -0.4 is 15.4 Å². The SMILES string of the molecule is COC(=O)c1sccc1Oc1ccc(C(F)(F)F)cc1NC(=O)Nc1cccc(C(F)(F)F)c1. The second kappa shape index (κ2) is 9.63. The number of methoxy groups -OCH3 is 1. The number of esters is 1. The van der Waals surface area contributed by atoms with Crippen molar-refractivity contribution < 1.29 is 45.4 Å².